The maximum absolute atomic E-state index is 13.0. The largest absolute Gasteiger partial charge is 0.366 e. The summed E-state index contributed by atoms with van der Waals surface area (Å²) in [5.41, 5.74) is 6.70. The monoisotopic (exact) mass is 226 g/mol. The van der Waals surface area contributed by atoms with Crippen LogP contribution in [0.1, 0.15) is 6.92 Å². The van der Waals surface area contributed by atoms with E-state index in [1.54, 1.807) is 17.8 Å². The molecular weight excluding hydrogens is 211 g/mol. The molecule has 0 bridgehead atoms. The zero-order chi connectivity index (χ0) is 10.8. The lowest BCUT2D eigenvalue weighted by Crippen LogP contribution is -2.40. The molecule has 1 unspecified atom stereocenters. The number of fused-ring (bicyclic) bond motifs is 1. The Bertz CT molecular complexity index is 356. The van der Waals surface area contributed by atoms with E-state index in [1.165, 1.54) is 6.07 Å². The van der Waals surface area contributed by atoms with Crippen molar-refractivity contribution in [2.24, 2.45) is 5.73 Å². The molecule has 0 saturated heterocycles. The first-order valence-corrected chi connectivity index (χ1v) is 6.10. The highest BCUT2D eigenvalue weighted by Crippen LogP contribution is 2.37. The van der Waals surface area contributed by atoms with Crippen molar-refractivity contribution in [1.82, 2.24) is 0 Å². The number of hydrogen-bond acceptors (Lipinski definition) is 3. The number of halogens is 1. The van der Waals surface area contributed by atoms with E-state index >= 15 is 0 Å². The molecule has 0 amide bonds. The molecule has 0 aromatic heterocycles. The van der Waals surface area contributed by atoms with Gasteiger partial charge >= 0.3 is 0 Å². The lowest BCUT2D eigenvalue weighted by Gasteiger charge is -2.36. The van der Waals surface area contributed by atoms with E-state index < -0.39 is 0 Å². The van der Waals surface area contributed by atoms with Gasteiger partial charge in [0.05, 0.1) is 5.69 Å². The SMILES string of the molecule is CC1CSc2cc(F)ccc2N1CCN. The Kier molecular flexibility index (Phi) is 3.17. The molecule has 0 saturated carbocycles. The number of thioether (sulfide) groups is 1. The van der Waals surface area contributed by atoms with Crippen LogP contribution in [-0.4, -0.2) is 24.9 Å². The van der Waals surface area contributed by atoms with Crippen LogP contribution in [0.25, 0.3) is 0 Å². The summed E-state index contributed by atoms with van der Waals surface area (Å²) in [5, 5.41) is 0. The molecule has 2 nitrogen and oxygen atoms in total. The Hall–Kier alpha value is -0.740. The van der Waals surface area contributed by atoms with E-state index in [2.05, 4.69) is 11.8 Å². The molecule has 15 heavy (non-hydrogen) atoms. The van der Waals surface area contributed by atoms with Crippen molar-refractivity contribution in [1.29, 1.82) is 0 Å². The van der Waals surface area contributed by atoms with Crippen LogP contribution >= 0.6 is 11.8 Å². The van der Waals surface area contributed by atoms with E-state index in [1.807, 2.05) is 6.07 Å². The highest BCUT2D eigenvalue weighted by Gasteiger charge is 2.22. The Labute approximate surface area is 93.6 Å². The number of nitrogens with two attached hydrogens (primary N) is 1. The molecule has 1 aliphatic heterocycles. The van der Waals surface area contributed by atoms with Gasteiger partial charge < -0.3 is 10.6 Å². The molecule has 0 spiro atoms. The predicted molar refractivity (Wildman–Crippen MR) is 63.0 cm³/mol. The summed E-state index contributed by atoms with van der Waals surface area (Å²) in [4.78, 5) is 3.28. The molecule has 1 atom stereocenters. The quantitative estimate of drug-likeness (QED) is 0.837. The second kappa shape index (κ2) is 4.41. The Balaban J connectivity index is 2.34. The van der Waals surface area contributed by atoms with Gasteiger partial charge in [-0.15, -0.1) is 11.8 Å². The number of rotatable bonds is 2. The van der Waals surface area contributed by atoms with Crippen LogP contribution in [0.15, 0.2) is 23.1 Å². The number of nitrogens with zero attached hydrogens (tertiary/aromatic N) is 1. The summed E-state index contributed by atoms with van der Waals surface area (Å²) in [6.07, 6.45) is 0. The van der Waals surface area contributed by atoms with E-state index in [-0.39, 0.29) is 5.82 Å². The Morgan fingerprint density at radius 2 is 2.40 bits per heavy atom. The minimum atomic E-state index is -0.163. The van der Waals surface area contributed by atoms with E-state index in [9.17, 15) is 4.39 Å². The van der Waals surface area contributed by atoms with Gasteiger partial charge in [-0.25, -0.2) is 4.39 Å². The second-order valence-electron chi connectivity index (χ2n) is 3.75. The number of benzene rings is 1. The number of anilines is 1. The highest BCUT2D eigenvalue weighted by atomic mass is 32.2. The highest BCUT2D eigenvalue weighted by molar-refractivity contribution is 7.99. The van der Waals surface area contributed by atoms with Gasteiger partial charge in [0.25, 0.3) is 0 Å². The number of hydrogen-bond donors (Lipinski definition) is 1. The van der Waals surface area contributed by atoms with Gasteiger partial charge in [-0.1, -0.05) is 0 Å². The van der Waals surface area contributed by atoms with Crippen LogP contribution in [0, 0.1) is 5.82 Å². The van der Waals surface area contributed by atoms with Crippen molar-refractivity contribution in [3.8, 4) is 0 Å². The average molecular weight is 226 g/mol. The van der Waals surface area contributed by atoms with Crippen molar-refractivity contribution in [3.05, 3.63) is 24.0 Å². The van der Waals surface area contributed by atoms with Gasteiger partial charge in [0.2, 0.25) is 0 Å². The summed E-state index contributed by atoms with van der Waals surface area (Å²) >= 11 is 1.72. The summed E-state index contributed by atoms with van der Waals surface area (Å²) in [6, 6.07) is 5.44. The third-order valence-electron chi connectivity index (χ3n) is 2.61. The van der Waals surface area contributed by atoms with Gasteiger partial charge in [0.1, 0.15) is 5.82 Å². The topological polar surface area (TPSA) is 29.3 Å². The molecule has 1 heterocycles. The van der Waals surface area contributed by atoms with Gasteiger partial charge in [0, 0.05) is 29.8 Å². The third-order valence-corrected chi connectivity index (χ3v) is 3.90. The van der Waals surface area contributed by atoms with Gasteiger partial charge in [-0.2, -0.15) is 0 Å². The first-order valence-electron chi connectivity index (χ1n) is 5.11. The molecular formula is C11H15FN2S. The molecule has 0 aliphatic carbocycles. The summed E-state index contributed by atoms with van der Waals surface area (Å²) < 4.78 is 13.0. The minimum Gasteiger partial charge on any atom is -0.366 e. The molecule has 1 aliphatic rings. The van der Waals surface area contributed by atoms with Crippen molar-refractivity contribution < 1.29 is 4.39 Å². The third kappa shape index (κ3) is 2.11. The lowest BCUT2D eigenvalue weighted by molar-refractivity contribution is 0.619. The second-order valence-corrected chi connectivity index (χ2v) is 4.82. The molecule has 0 radical (unpaired) electrons. The van der Waals surface area contributed by atoms with Crippen LogP contribution in [0.2, 0.25) is 0 Å². The Morgan fingerprint density at radius 3 is 3.13 bits per heavy atom. The van der Waals surface area contributed by atoms with E-state index in [0.29, 0.717) is 12.6 Å². The Morgan fingerprint density at radius 1 is 1.60 bits per heavy atom. The van der Waals surface area contributed by atoms with Crippen molar-refractivity contribution in [2.75, 3.05) is 23.7 Å². The summed E-state index contributed by atoms with van der Waals surface area (Å²) in [5.74, 6) is 0.833. The maximum Gasteiger partial charge on any atom is 0.124 e. The van der Waals surface area contributed by atoms with Crippen LogP contribution in [0.3, 0.4) is 0 Å². The molecule has 2 rings (SSSR count). The lowest BCUT2D eigenvalue weighted by atomic mass is 10.2. The van der Waals surface area contributed by atoms with Gasteiger partial charge in [-0.3, -0.25) is 0 Å². The summed E-state index contributed by atoms with van der Waals surface area (Å²) in [7, 11) is 0. The van der Waals surface area contributed by atoms with Crippen LogP contribution in [0.4, 0.5) is 10.1 Å². The van der Waals surface area contributed by atoms with Crippen LogP contribution in [-0.2, 0) is 0 Å². The average Bonchev–Trinajstić information content (AvgIpc) is 2.22. The smallest absolute Gasteiger partial charge is 0.124 e. The molecule has 0 fully saturated rings. The molecule has 1 aromatic carbocycles. The van der Waals surface area contributed by atoms with Crippen molar-refractivity contribution in [2.45, 2.75) is 17.9 Å². The normalized spacial score (nSPS) is 20.2. The predicted octanol–water partition coefficient (Wildman–Crippen LogP) is 2.08. The zero-order valence-electron chi connectivity index (χ0n) is 8.74. The van der Waals surface area contributed by atoms with Crippen LogP contribution < -0.4 is 10.6 Å². The molecule has 4 heteroatoms. The minimum absolute atomic E-state index is 0.163. The zero-order valence-corrected chi connectivity index (χ0v) is 9.56. The maximum atomic E-state index is 13.0. The van der Waals surface area contributed by atoms with Crippen molar-refractivity contribution in [3.63, 3.8) is 0 Å². The van der Waals surface area contributed by atoms with E-state index in [4.69, 9.17) is 5.73 Å². The van der Waals surface area contributed by atoms with Gasteiger partial charge in [0.15, 0.2) is 0 Å². The van der Waals surface area contributed by atoms with Crippen LogP contribution in [0.5, 0.6) is 0 Å². The first kappa shape index (κ1) is 10.8. The fourth-order valence-corrected chi connectivity index (χ4v) is 2.99. The molecule has 82 valence electrons. The first-order chi connectivity index (χ1) is 7.22. The van der Waals surface area contributed by atoms with Crippen molar-refractivity contribution >= 4 is 17.4 Å². The molecule has 1 aromatic rings. The van der Waals surface area contributed by atoms with E-state index in [0.717, 1.165) is 22.9 Å². The fraction of sp³-hybridized carbons (Fsp3) is 0.455. The standard InChI is InChI=1S/C11H15FN2S/c1-8-7-15-11-6-9(12)2-3-10(11)14(8)5-4-13/h2-3,6,8H,4-5,7,13H2,1H3. The fourth-order valence-electron chi connectivity index (χ4n) is 1.86. The molecule has 2 N–H and O–H groups in total. The summed E-state index contributed by atoms with van der Waals surface area (Å²) in [6.45, 7) is 3.64. The van der Waals surface area contributed by atoms with Gasteiger partial charge in [-0.05, 0) is 25.1 Å².